The monoisotopic (exact) mass is 221 g/mol. The van der Waals surface area contributed by atoms with Gasteiger partial charge in [0.05, 0.1) is 5.69 Å². The van der Waals surface area contributed by atoms with Crippen molar-refractivity contribution in [2.45, 2.75) is 39.7 Å². The van der Waals surface area contributed by atoms with Gasteiger partial charge in [0.25, 0.3) is 0 Å². The molecule has 1 N–H and O–H groups in total. The Morgan fingerprint density at radius 3 is 2.56 bits per heavy atom. The number of anilines is 1. The van der Waals surface area contributed by atoms with Gasteiger partial charge in [0, 0.05) is 6.04 Å². The SMILES string of the molecule is Cc1cccc(F)c1NC1CC(C(C)C)C1. The van der Waals surface area contributed by atoms with Crippen molar-refractivity contribution >= 4 is 5.69 Å². The van der Waals surface area contributed by atoms with Crippen molar-refractivity contribution in [3.8, 4) is 0 Å². The van der Waals surface area contributed by atoms with Crippen molar-refractivity contribution in [1.82, 2.24) is 0 Å². The van der Waals surface area contributed by atoms with Gasteiger partial charge in [-0.15, -0.1) is 0 Å². The summed E-state index contributed by atoms with van der Waals surface area (Å²) in [5, 5.41) is 3.32. The number of hydrogen-bond donors (Lipinski definition) is 1. The molecule has 1 aromatic rings. The third kappa shape index (κ3) is 2.21. The van der Waals surface area contributed by atoms with Crippen LogP contribution in [0.1, 0.15) is 32.3 Å². The molecule has 0 saturated heterocycles. The van der Waals surface area contributed by atoms with Crippen LogP contribution in [0.4, 0.5) is 10.1 Å². The molecule has 2 rings (SSSR count). The van der Waals surface area contributed by atoms with Crippen LogP contribution >= 0.6 is 0 Å². The molecule has 1 aromatic carbocycles. The van der Waals surface area contributed by atoms with Crippen LogP contribution in [0.5, 0.6) is 0 Å². The predicted molar refractivity (Wildman–Crippen MR) is 66.1 cm³/mol. The molecule has 0 aromatic heterocycles. The smallest absolute Gasteiger partial charge is 0.146 e. The Morgan fingerprint density at radius 2 is 2.00 bits per heavy atom. The lowest BCUT2D eigenvalue weighted by molar-refractivity contribution is 0.211. The highest BCUT2D eigenvalue weighted by atomic mass is 19.1. The molecule has 16 heavy (non-hydrogen) atoms. The molecule has 0 atom stereocenters. The van der Waals surface area contributed by atoms with Gasteiger partial charge in [-0.3, -0.25) is 0 Å². The summed E-state index contributed by atoms with van der Waals surface area (Å²) in [5.41, 5.74) is 1.68. The van der Waals surface area contributed by atoms with E-state index in [9.17, 15) is 4.39 Å². The first-order chi connectivity index (χ1) is 7.58. The topological polar surface area (TPSA) is 12.0 Å². The van der Waals surface area contributed by atoms with E-state index in [1.165, 1.54) is 18.9 Å². The standard InChI is InChI=1S/C14H20FN/c1-9(2)11-7-12(8-11)16-14-10(3)5-4-6-13(14)15/h4-6,9,11-12,16H,7-8H2,1-3H3. The van der Waals surface area contributed by atoms with E-state index in [1.807, 2.05) is 13.0 Å². The number of halogens is 1. The van der Waals surface area contributed by atoms with Gasteiger partial charge in [-0.2, -0.15) is 0 Å². The lowest BCUT2D eigenvalue weighted by Gasteiger charge is -2.39. The highest BCUT2D eigenvalue weighted by Gasteiger charge is 2.31. The van der Waals surface area contributed by atoms with E-state index in [2.05, 4.69) is 19.2 Å². The minimum atomic E-state index is -0.131. The second-order valence-electron chi connectivity index (χ2n) is 5.25. The summed E-state index contributed by atoms with van der Waals surface area (Å²) in [7, 11) is 0. The average molecular weight is 221 g/mol. The first-order valence-corrected chi connectivity index (χ1v) is 6.09. The number of para-hydroxylation sites is 1. The van der Waals surface area contributed by atoms with Crippen molar-refractivity contribution in [3.05, 3.63) is 29.6 Å². The molecule has 0 aliphatic heterocycles. The summed E-state index contributed by atoms with van der Waals surface area (Å²) in [6.45, 7) is 6.47. The highest BCUT2D eigenvalue weighted by Crippen LogP contribution is 2.36. The van der Waals surface area contributed by atoms with Gasteiger partial charge in [0.2, 0.25) is 0 Å². The molecule has 0 bridgehead atoms. The fourth-order valence-corrected chi connectivity index (χ4v) is 2.34. The fourth-order valence-electron chi connectivity index (χ4n) is 2.34. The quantitative estimate of drug-likeness (QED) is 0.814. The van der Waals surface area contributed by atoms with E-state index in [0.717, 1.165) is 17.4 Å². The third-order valence-electron chi connectivity index (χ3n) is 3.69. The van der Waals surface area contributed by atoms with E-state index in [0.29, 0.717) is 11.7 Å². The molecule has 2 heteroatoms. The number of benzene rings is 1. The second-order valence-corrected chi connectivity index (χ2v) is 5.25. The number of rotatable bonds is 3. The molecule has 1 aliphatic carbocycles. The van der Waals surface area contributed by atoms with Crippen LogP contribution in [0.2, 0.25) is 0 Å². The minimum absolute atomic E-state index is 0.131. The van der Waals surface area contributed by atoms with E-state index in [4.69, 9.17) is 0 Å². The van der Waals surface area contributed by atoms with E-state index < -0.39 is 0 Å². The van der Waals surface area contributed by atoms with Crippen molar-refractivity contribution in [2.24, 2.45) is 11.8 Å². The molecule has 0 spiro atoms. The lowest BCUT2D eigenvalue weighted by atomic mass is 9.73. The molecule has 1 aliphatic rings. The minimum Gasteiger partial charge on any atom is -0.380 e. The van der Waals surface area contributed by atoms with E-state index in [-0.39, 0.29) is 5.82 Å². The molecule has 88 valence electrons. The van der Waals surface area contributed by atoms with Crippen LogP contribution in [-0.4, -0.2) is 6.04 Å². The molecule has 1 fully saturated rings. The Balaban J connectivity index is 1.96. The van der Waals surface area contributed by atoms with Gasteiger partial charge in [0.15, 0.2) is 0 Å². The maximum Gasteiger partial charge on any atom is 0.146 e. The molecule has 0 radical (unpaired) electrons. The number of hydrogen-bond acceptors (Lipinski definition) is 1. The van der Waals surface area contributed by atoms with E-state index >= 15 is 0 Å². The lowest BCUT2D eigenvalue weighted by Crippen LogP contribution is -2.38. The van der Waals surface area contributed by atoms with Gasteiger partial charge >= 0.3 is 0 Å². The molecular formula is C14H20FN. The largest absolute Gasteiger partial charge is 0.380 e. The predicted octanol–water partition coefficient (Wildman–Crippen LogP) is 3.98. The Hall–Kier alpha value is -1.05. The number of aryl methyl sites for hydroxylation is 1. The highest BCUT2D eigenvalue weighted by molar-refractivity contribution is 5.52. The first-order valence-electron chi connectivity index (χ1n) is 6.09. The maximum atomic E-state index is 13.6. The van der Waals surface area contributed by atoms with E-state index in [1.54, 1.807) is 6.07 Å². The Morgan fingerprint density at radius 1 is 1.31 bits per heavy atom. The molecule has 0 heterocycles. The average Bonchev–Trinajstić information content (AvgIpc) is 2.13. The zero-order valence-electron chi connectivity index (χ0n) is 10.3. The van der Waals surface area contributed by atoms with Gasteiger partial charge in [-0.05, 0) is 43.2 Å². The van der Waals surface area contributed by atoms with Crippen LogP contribution in [0.3, 0.4) is 0 Å². The third-order valence-corrected chi connectivity index (χ3v) is 3.69. The Bertz CT molecular complexity index is 347. The van der Waals surface area contributed by atoms with Gasteiger partial charge < -0.3 is 5.32 Å². The number of nitrogens with one attached hydrogen (secondary N) is 1. The fraction of sp³-hybridized carbons (Fsp3) is 0.571. The summed E-state index contributed by atoms with van der Waals surface area (Å²) >= 11 is 0. The van der Waals surface area contributed by atoms with Crippen molar-refractivity contribution in [2.75, 3.05) is 5.32 Å². The molecular weight excluding hydrogens is 201 g/mol. The zero-order valence-corrected chi connectivity index (χ0v) is 10.3. The van der Waals surface area contributed by atoms with Gasteiger partial charge in [-0.1, -0.05) is 26.0 Å². The van der Waals surface area contributed by atoms with Crippen LogP contribution in [0.25, 0.3) is 0 Å². The Kier molecular flexibility index (Phi) is 3.17. The summed E-state index contributed by atoms with van der Waals surface area (Å²) in [6, 6.07) is 5.69. The van der Waals surface area contributed by atoms with Crippen molar-refractivity contribution in [1.29, 1.82) is 0 Å². The molecule has 0 unspecified atom stereocenters. The van der Waals surface area contributed by atoms with Gasteiger partial charge in [-0.25, -0.2) is 4.39 Å². The van der Waals surface area contributed by atoms with Crippen LogP contribution in [-0.2, 0) is 0 Å². The van der Waals surface area contributed by atoms with Crippen LogP contribution in [0, 0.1) is 24.6 Å². The van der Waals surface area contributed by atoms with Crippen molar-refractivity contribution < 1.29 is 4.39 Å². The summed E-state index contributed by atoms with van der Waals surface area (Å²) in [6.07, 6.45) is 2.34. The van der Waals surface area contributed by atoms with Gasteiger partial charge in [0.1, 0.15) is 5.82 Å². The maximum absolute atomic E-state index is 13.6. The molecule has 1 nitrogen and oxygen atoms in total. The van der Waals surface area contributed by atoms with Crippen molar-refractivity contribution in [3.63, 3.8) is 0 Å². The van der Waals surface area contributed by atoms with Crippen LogP contribution < -0.4 is 5.32 Å². The molecule has 1 saturated carbocycles. The summed E-state index contributed by atoms with van der Waals surface area (Å²) < 4.78 is 13.6. The normalized spacial score (nSPS) is 24.3. The first kappa shape index (κ1) is 11.4. The second kappa shape index (κ2) is 4.44. The Labute approximate surface area is 97.1 Å². The summed E-state index contributed by atoms with van der Waals surface area (Å²) in [5.74, 6) is 1.43. The zero-order chi connectivity index (χ0) is 11.7. The van der Waals surface area contributed by atoms with Crippen LogP contribution in [0.15, 0.2) is 18.2 Å². The molecule has 0 amide bonds. The summed E-state index contributed by atoms with van der Waals surface area (Å²) in [4.78, 5) is 0.